The van der Waals surface area contributed by atoms with Crippen molar-refractivity contribution in [3.63, 3.8) is 0 Å². The van der Waals surface area contributed by atoms with Gasteiger partial charge in [-0.1, -0.05) is 26.7 Å². The zero-order valence-electron chi connectivity index (χ0n) is 11.6. The summed E-state index contributed by atoms with van der Waals surface area (Å²) in [4.78, 5) is 4.33. The molecule has 1 aliphatic carbocycles. The molecule has 4 heteroatoms. The molecule has 2 rings (SSSR count). The van der Waals surface area contributed by atoms with E-state index in [0.29, 0.717) is 12.0 Å². The summed E-state index contributed by atoms with van der Waals surface area (Å²) in [6.45, 7) is 7.05. The molecule has 1 aliphatic rings. The Morgan fingerprint density at radius 1 is 1.44 bits per heavy atom. The van der Waals surface area contributed by atoms with E-state index in [4.69, 9.17) is 4.74 Å². The number of hydrogen-bond acceptors (Lipinski definition) is 3. The highest BCUT2D eigenvalue weighted by Crippen LogP contribution is 2.20. The molecule has 0 unspecified atom stereocenters. The maximum Gasteiger partial charge on any atom is 0.202 e. The summed E-state index contributed by atoms with van der Waals surface area (Å²) in [6.07, 6.45) is 9.52. The quantitative estimate of drug-likeness (QED) is 0.757. The van der Waals surface area contributed by atoms with Crippen molar-refractivity contribution >= 4 is 5.95 Å². The van der Waals surface area contributed by atoms with Gasteiger partial charge in [-0.2, -0.15) is 0 Å². The zero-order chi connectivity index (χ0) is 12.8. The number of nitrogens with zero attached hydrogens (tertiary/aromatic N) is 2. The molecule has 0 saturated heterocycles. The highest BCUT2D eigenvalue weighted by atomic mass is 16.5. The van der Waals surface area contributed by atoms with Gasteiger partial charge in [0, 0.05) is 25.5 Å². The monoisotopic (exact) mass is 251 g/mol. The lowest BCUT2D eigenvalue weighted by atomic mass is 10.2. The average Bonchev–Trinajstić information content (AvgIpc) is 2.95. The predicted molar refractivity (Wildman–Crippen MR) is 73.8 cm³/mol. The van der Waals surface area contributed by atoms with Crippen LogP contribution < -0.4 is 5.32 Å². The molecule has 0 spiro atoms. The van der Waals surface area contributed by atoms with E-state index in [1.54, 1.807) is 0 Å². The van der Waals surface area contributed by atoms with Gasteiger partial charge < -0.3 is 14.6 Å². The number of anilines is 1. The van der Waals surface area contributed by atoms with Crippen LogP contribution in [-0.4, -0.2) is 28.8 Å². The Bertz CT molecular complexity index is 343. The molecule has 1 saturated carbocycles. The van der Waals surface area contributed by atoms with Crippen molar-refractivity contribution in [1.82, 2.24) is 9.55 Å². The molecule has 1 N–H and O–H groups in total. The van der Waals surface area contributed by atoms with E-state index in [-0.39, 0.29) is 0 Å². The molecule has 0 amide bonds. The third-order valence-electron chi connectivity index (χ3n) is 3.32. The highest BCUT2D eigenvalue weighted by molar-refractivity contribution is 5.25. The first-order valence-electron chi connectivity index (χ1n) is 7.12. The Labute approximate surface area is 110 Å². The molecule has 102 valence electrons. The summed E-state index contributed by atoms with van der Waals surface area (Å²) < 4.78 is 7.99. The van der Waals surface area contributed by atoms with Gasteiger partial charge >= 0.3 is 0 Å². The molecule has 1 aromatic heterocycles. The maximum atomic E-state index is 5.82. The average molecular weight is 251 g/mol. The normalized spacial score (nSPS) is 16.6. The fourth-order valence-electron chi connectivity index (χ4n) is 2.46. The van der Waals surface area contributed by atoms with Crippen LogP contribution in [0.4, 0.5) is 5.95 Å². The molecule has 0 atom stereocenters. The summed E-state index contributed by atoms with van der Waals surface area (Å²) in [5, 5.41) is 3.35. The van der Waals surface area contributed by atoms with Crippen LogP contribution in [0.2, 0.25) is 0 Å². The summed E-state index contributed by atoms with van der Waals surface area (Å²) in [5.74, 6) is 1.59. The first-order valence-corrected chi connectivity index (χ1v) is 7.12. The van der Waals surface area contributed by atoms with Crippen LogP contribution in [0, 0.1) is 5.92 Å². The predicted octanol–water partition coefficient (Wildman–Crippen LogP) is 2.91. The fraction of sp³-hybridized carbons (Fsp3) is 0.786. The molecular formula is C14H25N3O. The fourth-order valence-corrected chi connectivity index (χ4v) is 2.46. The van der Waals surface area contributed by atoms with Crippen LogP contribution >= 0.6 is 0 Å². The number of ether oxygens (including phenoxy) is 1. The number of rotatable bonds is 7. The molecule has 0 radical (unpaired) electrons. The third-order valence-corrected chi connectivity index (χ3v) is 3.32. The van der Waals surface area contributed by atoms with Gasteiger partial charge in [0.1, 0.15) is 0 Å². The molecule has 1 heterocycles. The minimum Gasteiger partial charge on any atom is -0.376 e. The Morgan fingerprint density at radius 2 is 2.22 bits per heavy atom. The summed E-state index contributed by atoms with van der Waals surface area (Å²) >= 11 is 0. The van der Waals surface area contributed by atoms with Gasteiger partial charge in [0.15, 0.2) is 0 Å². The van der Waals surface area contributed by atoms with E-state index in [9.17, 15) is 0 Å². The molecular weight excluding hydrogens is 226 g/mol. The van der Waals surface area contributed by atoms with Crippen LogP contribution in [0.5, 0.6) is 0 Å². The second-order valence-electron chi connectivity index (χ2n) is 5.50. The summed E-state index contributed by atoms with van der Waals surface area (Å²) in [6, 6.07) is 0. The molecule has 0 aliphatic heterocycles. The van der Waals surface area contributed by atoms with Crippen LogP contribution in [0.3, 0.4) is 0 Å². The van der Waals surface area contributed by atoms with Crippen molar-refractivity contribution in [1.29, 1.82) is 0 Å². The number of nitrogens with one attached hydrogen (secondary N) is 1. The smallest absolute Gasteiger partial charge is 0.202 e. The van der Waals surface area contributed by atoms with Crippen LogP contribution in [0.15, 0.2) is 12.4 Å². The van der Waals surface area contributed by atoms with E-state index >= 15 is 0 Å². The van der Waals surface area contributed by atoms with E-state index < -0.39 is 0 Å². The molecule has 1 fully saturated rings. The van der Waals surface area contributed by atoms with Gasteiger partial charge in [-0.15, -0.1) is 0 Å². The van der Waals surface area contributed by atoms with E-state index in [2.05, 4.69) is 28.7 Å². The minimum atomic E-state index is 0.502. The van der Waals surface area contributed by atoms with Crippen molar-refractivity contribution in [2.45, 2.75) is 52.2 Å². The van der Waals surface area contributed by atoms with Gasteiger partial charge in [0.25, 0.3) is 0 Å². The Balaban J connectivity index is 1.67. The van der Waals surface area contributed by atoms with Gasteiger partial charge in [-0.3, -0.25) is 0 Å². The van der Waals surface area contributed by atoms with Gasteiger partial charge in [0.2, 0.25) is 5.95 Å². The van der Waals surface area contributed by atoms with Crippen molar-refractivity contribution in [3.8, 4) is 0 Å². The molecule has 0 bridgehead atoms. The number of hydrogen-bond donors (Lipinski definition) is 1. The summed E-state index contributed by atoms with van der Waals surface area (Å²) in [7, 11) is 0. The lowest BCUT2D eigenvalue weighted by Crippen LogP contribution is -2.17. The van der Waals surface area contributed by atoms with Crippen molar-refractivity contribution in [2.24, 2.45) is 5.92 Å². The van der Waals surface area contributed by atoms with Gasteiger partial charge in [-0.05, 0) is 18.8 Å². The Morgan fingerprint density at radius 3 is 2.94 bits per heavy atom. The molecule has 0 aromatic carbocycles. The van der Waals surface area contributed by atoms with E-state index in [1.807, 2.05) is 12.4 Å². The minimum absolute atomic E-state index is 0.502. The lowest BCUT2D eigenvalue weighted by Gasteiger charge is -2.13. The molecule has 4 nitrogen and oxygen atoms in total. The molecule has 1 aromatic rings. The second-order valence-corrected chi connectivity index (χ2v) is 5.50. The maximum absolute atomic E-state index is 5.82. The van der Waals surface area contributed by atoms with Crippen LogP contribution in [0.1, 0.15) is 39.5 Å². The zero-order valence-corrected chi connectivity index (χ0v) is 11.6. The van der Waals surface area contributed by atoms with Gasteiger partial charge in [-0.25, -0.2) is 4.98 Å². The number of imidazole rings is 1. The Hall–Kier alpha value is -1.03. The number of aromatic nitrogens is 2. The van der Waals surface area contributed by atoms with E-state index in [1.165, 1.54) is 25.7 Å². The van der Waals surface area contributed by atoms with Crippen molar-refractivity contribution in [3.05, 3.63) is 12.4 Å². The standard InChI is InChI=1S/C14H25N3O/c1-12(2)11-17-9-7-15-14(17)16-8-10-18-13-5-3-4-6-13/h7,9,12-13H,3-6,8,10-11H2,1-2H3,(H,15,16). The lowest BCUT2D eigenvalue weighted by molar-refractivity contribution is 0.0658. The SMILES string of the molecule is CC(C)Cn1ccnc1NCCOC1CCCC1. The van der Waals surface area contributed by atoms with Crippen LogP contribution in [-0.2, 0) is 11.3 Å². The second kappa shape index (κ2) is 6.78. The highest BCUT2D eigenvalue weighted by Gasteiger charge is 2.14. The Kier molecular flexibility index (Phi) is 5.05. The first kappa shape index (κ1) is 13.4. The topological polar surface area (TPSA) is 39.1 Å². The van der Waals surface area contributed by atoms with Crippen molar-refractivity contribution < 1.29 is 4.74 Å². The molecule has 18 heavy (non-hydrogen) atoms. The van der Waals surface area contributed by atoms with Crippen LogP contribution in [0.25, 0.3) is 0 Å². The first-order chi connectivity index (χ1) is 8.75. The third kappa shape index (κ3) is 4.02. The largest absolute Gasteiger partial charge is 0.376 e. The van der Waals surface area contributed by atoms with Crippen molar-refractivity contribution in [2.75, 3.05) is 18.5 Å². The summed E-state index contributed by atoms with van der Waals surface area (Å²) in [5.41, 5.74) is 0. The van der Waals surface area contributed by atoms with E-state index in [0.717, 1.165) is 25.6 Å². The van der Waals surface area contributed by atoms with Gasteiger partial charge in [0.05, 0.1) is 12.7 Å².